The van der Waals surface area contributed by atoms with E-state index in [1.807, 2.05) is 51.1 Å². The zero-order valence-corrected chi connectivity index (χ0v) is 20.5. The van der Waals surface area contributed by atoms with Gasteiger partial charge in [0.05, 0.1) is 6.04 Å². The number of pyridine rings is 1. The maximum atomic E-state index is 15.1. The van der Waals surface area contributed by atoms with Gasteiger partial charge in [0.25, 0.3) is 5.91 Å². The molecule has 6 rings (SSSR count). The van der Waals surface area contributed by atoms with Crippen LogP contribution in [0, 0.1) is 12.7 Å². The molecule has 4 aromatic rings. The fraction of sp³-hybridized carbons (Fsp3) is 0.286. The van der Waals surface area contributed by atoms with E-state index < -0.39 is 0 Å². The molecule has 2 aromatic heterocycles. The van der Waals surface area contributed by atoms with Crippen LogP contribution < -0.4 is 10.6 Å². The van der Waals surface area contributed by atoms with Gasteiger partial charge in [-0.2, -0.15) is 4.98 Å². The maximum Gasteiger partial charge on any atom is 0.252 e. The van der Waals surface area contributed by atoms with Crippen molar-refractivity contribution < 1.29 is 9.18 Å². The second-order valence-electron chi connectivity index (χ2n) is 9.59. The third-order valence-electron chi connectivity index (χ3n) is 6.99. The molecule has 1 fully saturated rings. The highest BCUT2D eigenvalue weighted by Crippen LogP contribution is 2.39. The molecule has 1 atom stereocenters. The number of halogens is 1. The molecule has 2 N–H and O–H groups in total. The molecular formula is C28H27FN6O. The number of anilines is 2. The van der Waals surface area contributed by atoms with Gasteiger partial charge in [-0.25, -0.2) is 9.07 Å². The van der Waals surface area contributed by atoms with Crippen LogP contribution in [-0.2, 0) is 6.54 Å². The Hall–Kier alpha value is -4.07. The molecule has 0 spiro atoms. The monoisotopic (exact) mass is 482 g/mol. The lowest BCUT2D eigenvalue weighted by Crippen LogP contribution is -2.16. The summed E-state index contributed by atoms with van der Waals surface area (Å²) in [6.45, 7) is 6.49. The topological polar surface area (TPSA) is 84.7 Å². The molecule has 36 heavy (non-hydrogen) atoms. The van der Waals surface area contributed by atoms with Crippen molar-refractivity contribution in [2.24, 2.45) is 0 Å². The second kappa shape index (κ2) is 8.55. The molecule has 0 saturated heterocycles. The van der Waals surface area contributed by atoms with Crippen LogP contribution in [0.3, 0.4) is 0 Å². The number of aromatic nitrogens is 4. The van der Waals surface area contributed by atoms with Gasteiger partial charge in [0, 0.05) is 52.3 Å². The van der Waals surface area contributed by atoms with E-state index in [4.69, 9.17) is 0 Å². The lowest BCUT2D eigenvalue weighted by Gasteiger charge is -2.12. The quantitative estimate of drug-likeness (QED) is 0.357. The van der Waals surface area contributed by atoms with Crippen LogP contribution in [0.4, 0.5) is 16.0 Å². The summed E-state index contributed by atoms with van der Waals surface area (Å²) in [6.07, 6.45) is 4.12. The predicted molar refractivity (Wildman–Crippen MR) is 137 cm³/mol. The van der Waals surface area contributed by atoms with Crippen molar-refractivity contribution in [1.29, 1.82) is 0 Å². The molecule has 2 aromatic carbocycles. The Bertz CT molecular complexity index is 1490. The van der Waals surface area contributed by atoms with Crippen molar-refractivity contribution in [3.8, 4) is 22.5 Å². The van der Waals surface area contributed by atoms with Crippen LogP contribution >= 0.6 is 0 Å². The van der Waals surface area contributed by atoms with E-state index in [1.165, 1.54) is 18.9 Å². The summed E-state index contributed by atoms with van der Waals surface area (Å²) in [5.41, 5.74) is 6.39. The average molecular weight is 483 g/mol. The minimum absolute atomic E-state index is 0.0464. The summed E-state index contributed by atoms with van der Waals surface area (Å²) in [5, 5.41) is 10.9. The Morgan fingerprint density at radius 3 is 2.61 bits per heavy atom. The van der Waals surface area contributed by atoms with Gasteiger partial charge in [-0.1, -0.05) is 18.2 Å². The van der Waals surface area contributed by atoms with Crippen LogP contribution in [0.25, 0.3) is 22.5 Å². The average Bonchev–Trinajstić information content (AvgIpc) is 3.59. The van der Waals surface area contributed by atoms with E-state index in [0.29, 0.717) is 40.9 Å². The first-order chi connectivity index (χ1) is 17.4. The molecule has 7 nitrogen and oxygen atoms in total. The highest BCUT2D eigenvalue weighted by molar-refractivity contribution is 6.00. The maximum absolute atomic E-state index is 15.1. The lowest BCUT2D eigenvalue weighted by molar-refractivity contribution is 0.0958. The molecule has 182 valence electrons. The molecule has 2 aliphatic rings. The Morgan fingerprint density at radius 2 is 1.92 bits per heavy atom. The molecule has 0 bridgehead atoms. The molecule has 1 amide bonds. The fourth-order valence-electron chi connectivity index (χ4n) is 4.74. The number of carbonyl (C=O) groups excluding carboxylic acids is 1. The Kier molecular flexibility index (Phi) is 5.32. The number of nitrogens with one attached hydrogen (secondary N) is 2. The minimum atomic E-state index is -0.337. The van der Waals surface area contributed by atoms with E-state index in [9.17, 15) is 4.79 Å². The van der Waals surface area contributed by atoms with Gasteiger partial charge in [0.15, 0.2) is 5.82 Å². The second-order valence-corrected chi connectivity index (χ2v) is 9.59. The number of carbonyl (C=O) groups is 1. The molecule has 0 radical (unpaired) electrons. The SMILES string of the molecule is CCn1nc(-c2ccc(-c3ccc(C4CC4)nc3)c(F)c2)nc1Nc1cc2c(cc1C)C(=O)NC2C. The number of amides is 1. The normalized spacial score (nSPS) is 16.7. The molecule has 1 unspecified atom stereocenters. The zero-order valence-electron chi connectivity index (χ0n) is 20.5. The van der Waals surface area contributed by atoms with Gasteiger partial charge in [-0.3, -0.25) is 9.78 Å². The van der Waals surface area contributed by atoms with E-state index in [2.05, 4.69) is 25.7 Å². The van der Waals surface area contributed by atoms with Crippen molar-refractivity contribution in [1.82, 2.24) is 25.1 Å². The summed E-state index contributed by atoms with van der Waals surface area (Å²) in [7, 11) is 0. The van der Waals surface area contributed by atoms with Gasteiger partial charge in [-0.05, 0) is 69.0 Å². The predicted octanol–water partition coefficient (Wildman–Crippen LogP) is 5.90. The number of fused-ring (bicyclic) bond motifs is 1. The molecule has 1 saturated carbocycles. The van der Waals surface area contributed by atoms with Crippen LogP contribution in [0.1, 0.15) is 65.8 Å². The highest BCUT2D eigenvalue weighted by Gasteiger charge is 2.27. The number of aryl methyl sites for hydroxylation is 2. The summed E-state index contributed by atoms with van der Waals surface area (Å²) in [4.78, 5) is 21.3. The van der Waals surface area contributed by atoms with Gasteiger partial charge in [0.1, 0.15) is 5.82 Å². The highest BCUT2D eigenvalue weighted by atomic mass is 19.1. The Balaban J connectivity index is 1.28. The molecule has 8 heteroatoms. The largest absolute Gasteiger partial charge is 0.345 e. The Labute approximate surface area is 208 Å². The molecule has 3 heterocycles. The molecule has 1 aliphatic heterocycles. The van der Waals surface area contributed by atoms with Crippen LogP contribution in [0.15, 0.2) is 48.7 Å². The van der Waals surface area contributed by atoms with Crippen LogP contribution in [0.2, 0.25) is 0 Å². The first kappa shape index (κ1) is 22.4. The summed E-state index contributed by atoms with van der Waals surface area (Å²) >= 11 is 0. The number of hydrogen-bond donors (Lipinski definition) is 2. The van der Waals surface area contributed by atoms with E-state index in [1.54, 1.807) is 16.9 Å². The number of nitrogens with zero attached hydrogens (tertiary/aromatic N) is 4. The van der Waals surface area contributed by atoms with E-state index in [0.717, 1.165) is 28.1 Å². The van der Waals surface area contributed by atoms with Gasteiger partial charge >= 0.3 is 0 Å². The number of benzene rings is 2. The number of hydrogen-bond acceptors (Lipinski definition) is 5. The summed E-state index contributed by atoms with van der Waals surface area (Å²) in [5.74, 6) is 1.18. The first-order valence-electron chi connectivity index (χ1n) is 12.3. The van der Waals surface area contributed by atoms with Crippen molar-refractivity contribution in [2.75, 3.05) is 5.32 Å². The molecule has 1 aliphatic carbocycles. The number of rotatable bonds is 6. The van der Waals surface area contributed by atoms with Crippen molar-refractivity contribution in [3.05, 3.63) is 76.9 Å². The smallest absolute Gasteiger partial charge is 0.252 e. The van der Waals surface area contributed by atoms with Crippen molar-refractivity contribution >= 4 is 17.5 Å². The van der Waals surface area contributed by atoms with Crippen LogP contribution in [-0.4, -0.2) is 25.7 Å². The van der Waals surface area contributed by atoms with Gasteiger partial charge < -0.3 is 10.6 Å². The third-order valence-corrected chi connectivity index (χ3v) is 6.99. The van der Waals surface area contributed by atoms with Gasteiger partial charge in [0.2, 0.25) is 5.95 Å². The fourth-order valence-corrected chi connectivity index (χ4v) is 4.74. The summed E-state index contributed by atoms with van der Waals surface area (Å²) in [6, 6.07) is 12.8. The van der Waals surface area contributed by atoms with Crippen molar-refractivity contribution in [2.45, 2.75) is 52.1 Å². The van der Waals surface area contributed by atoms with Crippen LogP contribution in [0.5, 0.6) is 0 Å². The van der Waals surface area contributed by atoms with E-state index >= 15 is 4.39 Å². The van der Waals surface area contributed by atoms with Gasteiger partial charge in [-0.15, -0.1) is 5.10 Å². The third kappa shape index (κ3) is 3.92. The zero-order chi connectivity index (χ0) is 25.0. The standard InChI is InChI=1S/C28H27FN6O/c1-4-35-28(32-25-13-21-16(3)31-27(36)22(21)11-15(25)2)33-26(34-35)18-7-9-20(23(29)12-18)19-8-10-24(30-14-19)17-5-6-17/h7-14,16-17H,4-6H2,1-3H3,(H,31,36)(H,32,33,34). The Morgan fingerprint density at radius 1 is 1.11 bits per heavy atom. The van der Waals surface area contributed by atoms with E-state index in [-0.39, 0.29) is 17.8 Å². The minimum Gasteiger partial charge on any atom is -0.345 e. The summed E-state index contributed by atoms with van der Waals surface area (Å²) < 4.78 is 16.9. The first-order valence-corrected chi connectivity index (χ1v) is 12.3. The molecular weight excluding hydrogens is 455 g/mol. The van der Waals surface area contributed by atoms with Crippen molar-refractivity contribution in [3.63, 3.8) is 0 Å². The lowest BCUT2D eigenvalue weighted by atomic mass is 10.0.